The number of carbonyl (C=O) groups is 1. The zero-order valence-corrected chi connectivity index (χ0v) is 21.8. The van der Waals surface area contributed by atoms with E-state index in [2.05, 4.69) is 10.6 Å². The summed E-state index contributed by atoms with van der Waals surface area (Å²) in [5, 5.41) is 11.8. The number of allylic oxidation sites excluding steroid dienone is 1. The molecule has 5 rings (SSSR count). The normalized spacial score (nSPS) is 14.6. The molecular formula is C27H23Cl2N5O3. The van der Waals surface area contributed by atoms with Crippen molar-refractivity contribution in [2.75, 3.05) is 24.9 Å². The van der Waals surface area contributed by atoms with Gasteiger partial charge in [-0.05, 0) is 61.0 Å². The van der Waals surface area contributed by atoms with Crippen molar-refractivity contribution in [2.45, 2.75) is 13.0 Å². The van der Waals surface area contributed by atoms with Gasteiger partial charge < -0.3 is 20.1 Å². The van der Waals surface area contributed by atoms with E-state index in [1.807, 2.05) is 49.4 Å². The number of hydrogen-bond donors (Lipinski definition) is 2. The fraction of sp³-hybridized carbons (Fsp3) is 0.148. The van der Waals surface area contributed by atoms with E-state index in [1.54, 1.807) is 43.2 Å². The highest BCUT2D eigenvalue weighted by Crippen LogP contribution is 2.39. The number of para-hydroxylation sites is 2. The minimum atomic E-state index is -0.625. The summed E-state index contributed by atoms with van der Waals surface area (Å²) in [4.78, 5) is 18.4. The Bertz CT molecular complexity index is 1510. The van der Waals surface area contributed by atoms with Crippen LogP contribution in [0.5, 0.6) is 11.5 Å². The molecule has 0 radical (unpaired) electrons. The van der Waals surface area contributed by atoms with Gasteiger partial charge in [0, 0.05) is 11.3 Å². The first-order chi connectivity index (χ1) is 17.9. The molecule has 10 heteroatoms. The lowest BCUT2D eigenvalue weighted by Gasteiger charge is -2.29. The molecule has 188 valence electrons. The van der Waals surface area contributed by atoms with Crippen LogP contribution in [0.4, 0.5) is 11.6 Å². The van der Waals surface area contributed by atoms with Gasteiger partial charge in [-0.1, -0.05) is 41.4 Å². The molecule has 2 heterocycles. The number of fused-ring (bicyclic) bond motifs is 1. The van der Waals surface area contributed by atoms with Crippen LogP contribution >= 0.6 is 23.2 Å². The molecule has 1 aromatic heterocycles. The molecular weight excluding hydrogens is 513 g/mol. The molecule has 0 fully saturated rings. The van der Waals surface area contributed by atoms with Gasteiger partial charge in [0.2, 0.25) is 5.95 Å². The SMILES string of the molecule is COc1ccc(-c2nc3n(n2)C(c2ccc(Cl)c(Cl)c2)C(C(=O)Nc2ccccc2OC)=C(C)N3)cc1. The Balaban J connectivity index is 1.60. The molecule has 1 atom stereocenters. The Hall–Kier alpha value is -4.01. The first kappa shape index (κ1) is 24.7. The number of amides is 1. The van der Waals surface area contributed by atoms with Crippen LogP contribution in [0.25, 0.3) is 11.4 Å². The summed E-state index contributed by atoms with van der Waals surface area (Å²) in [5.41, 5.74) is 3.15. The molecule has 2 N–H and O–H groups in total. The monoisotopic (exact) mass is 535 g/mol. The first-order valence-corrected chi connectivity index (χ1v) is 12.1. The second-order valence-corrected chi connectivity index (χ2v) is 9.14. The van der Waals surface area contributed by atoms with Crippen molar-refractivity contribution in [1.29, 1.82) is 0 Å². The highest BCUT2D eigenvalue weighted by atomic mass is 35.5. The predicted octanol–water partition coefficient (Wildman–Crippen LogP) is 6.20. The van der Waals surface area contributed by atoms with Gasteiger partial charge in [0.1, 0.15) is 17.5 Å². The van der Waals surface area contributed by atoms with Gasteiger partial charge in [0.05, 0.1) is 35.5 Å². The van der Waals surface area contributed by atoms with Crippen LogP contribution in [-0.2, 0) is 4.79 Å². The number of aromatic nitrogens is 3. The summed E-state index contributed by atoms with van der Waals surface area (Å²) in [5.74, 6) is 1.94. The third-order valence-electron chi connectivity index (χ3n) is 6.06. The molecule has 0 spiro atoms. The molecule has 37 heavy (non-hydrogen) atoms. The molecule has 8 nitrogen and oxygen atoms in total. The number of anilines is 2. The maximum absolute atomic E-state index is 13.7. The van der Waals surface area contributed by atoms with Crippen LogP contribution in [0.3, 0.4) is 0 Å². The largest absolute Gasteiger partial charge is 0.497 e. The molecule has 1 amide bonds. The molecule has 0 saturated heterocycles. The molecule has 0 bridgehead atoms. The first-order valence-electron chi connectivity index (χ1n) is 11.4. The standard InChI is InChI=1S/C27H23Cl2N5O3/c1-15-23(26(35)31-21-6-4-5-7-22(21)37-3)24(17-10-13-19(28)20(29)14-17)34-27(30-15)32-25(33-34)16-8-11-18(36-2)12-9-16/h4-14,24H,1-3H3,(H,31,35)(H,30,32,33). The van der Waals surface area contributed by atoms with E-state index in [1.165, 1.54) is 0 Å². The number of nitrogens with zero attached hydrogens (tertiary/aromatic N) is 3. The Morgan fingerprint density at radius 3 is 2.46 bits per heavy atom. The lowest BCUT2D eigenvalue weighted by Crippen LogP contribution is -2.31. The maximum Gasteiger partial charge on any atom is 0.255 e. The van der Waals surface area contributed by atoms with Gasteiger partial charge in [-0.2, -0.15) is 4.98 Å². The summed E-state index contributed by atoms with van der Waals surface area (Å²) in [7, 11) is 3.17. The minimum absolute atomic E-state index is 0.322. The van der Waals surface area contributed by atoms with E-state index in [9.17, 15) is 4.79 Å². The van der Waals surface area contributed by atoms with E-state index < -0.39 is 6.04 Å². The topological polar surface area (TPSA) is 90.3 Å². The summed E-state index contributed by atoms with van der Waals surface area (Å²) >= 11 is 12.6. The van der Waals surface area contributed by atoms with Crippen LogP contribution in [0, 0.1) is 0 Å². The van der Waals surface area contributed by atoms with Gasteiger partial charge in [0.15, 0.2) is 5.82 Å². The Morgan fingerprint density at radius 1 is 1.00 bits per heavy atom. The van der Waals surface area contributed by atoms with E-state index >= 15 is 0 Å². The molecule has 3 aromatic carbocycles. The van der Waals surface area contributed by atoms with Crippen molar-refractivity contribution in [3.63, 3.8) is 0 Å². The van der Waals surface area contributed by atoms with Gasteiger partial charge in [-0.25, -0.2) is 4.68 Å². The molecule has 1 aliphatic heterocycles. The molecule has 1 unspecified atom stereocenters. The number of methoxy groups -OCH3 is 2. The van der Waals surface area contributed by atoms with Crippen molar-refractivity contribution in [1.82, 2.24) is 14.8 Å². The van der Waals surface area contributed by atoms with Crippen molar-refractivity contribution in [2.24, 2.45) is 0 Å². The number of nitrogens with one attached hydrogen (secondary N) is 2. The molecule has 0 saturated carbocycles. The number of benzene rings is 3. The average molecular weight is 536 g/mol. The zero-order chi connectivity index (χ0) is 26.1. The number of hydrogen-bond acceptors (Lipinski definition) is 6. The summed E-state index contributed by atoms with van der Waals surface area (Å²) < 4.78 is 12.4. The van der Waals surface area contributed by atoms with Gasteiger partial charge in [-0.3, -0.25) is 4.79 Å². The molecule has 1 aliphatic rings. The van der Waals surface area contributed by atoms with Crippen molar-refractivity contribution in [3.8, 4) is 22.9 Å². The number of halogens is 2. The van der Waals surface area contributed by atoms with Crippen LogP contribution in [0.15, 0.2) is 78.0 Å². The molecule has 4 aromatic rings. The third kappa shape index (κ3) is 4.73. The Labute approximate surface area is 223 Å². The lowest BCUT2D eigenvalue weighted by atomic mass is 9.95. The second-order valence-electron chi connectivity index (χ2n) is 8.33. The van der Waals surface area contributed by atoms with E-state index in [0.29, 0.717) is 44.5 Å². The van der Waals surface area contributed by atoms with E-state index in [-0.39, 0.29) is 5.91 Å². The smallest absolute Gasteiger partial charge is 0.255 e. The highest BCUT2D eigenvalue weighted by molar-refractivity contribution is 6.42. The van der Waals surface area contributed by atoms with E-state index in [4.69, 9.17) is 42.8 Å². The highest BCUT2D eigenvalue weighted by Gasteiger charge is 2.35. The Kier molecular flexibility index (Phi) is 6.78. The van der Waals surface area contributed by atoms with Gasteiger partial charge in [0.25, 0.3) is 5.91 Å². The van der Waals surface area contributed by atoms with Crippen molar-refractivity contribution >= 4 is 40.7 Å². The van der Waals surface area contributed by atoms with E-state index in [0.717, 1.165) is 16.9 Å². The zero-order valence-electron chi connectivity index (χ0n) is 20.3. The summed E-state index contributed by atoms with van der Waals surface area (Å²) in [6.45, 7) is 1.83. The summed E-state index contributed by atoms with van der Waals surface area (Å²) in [6, 6.07) is 19.3. The van der Waals surface area contributed by atoms with Crippen LogP contribution in [0.2, 0.25) is 10.0 Å². The summed E-state index contributed by atoms with van der Waals surface area (Å²) in [6.07, 6.45) is 0. The minimum Gasteiger partial charge on any atom is -0.497 e. The Morgan fingerprint density at radius 2 is 1.76 bits per heavy atom. The number of rotatable bonds is 6. The van der Waals surface area contributed by atoms with Crippen LogP contribution in [-0.4, -0.2) is 34.9 Å². The predicted molar refractivity (Wildman–Crippen MR) is 145 cm³/mol. The lowest BCUT2D eigenvalue weighted by molar-refractivity contribution is -0.113. The third-order valence-corrected chi connectivity index (χ3v) is 6.80. The second kappa shape index (κ2) is 10.2. The van der Waals surface area contributed by atoms with Gasteiger partial charge >= 0.3 is 0 Å². The van der Waals surface area contributed by atoms with Crippen LogP contribution in [0.1, 0.15) is 18.5 Å². The fourth-order valence-electron chi connectivity index (χ4n) is 4.24. The maximum atomic E-state index is 13.7. The number of ether oxygens (including phenoxy) is 2. The quantitative estimate of drug-likeness (QED) is 0.305. The molecule has 0 aliphatic carbocycles. The van der Waals surface area contributed by atoms with Crippen molar-refractivity contribution in [3.05, 3.63) is 93.6 Å². The van der Waals surface area contributed by atoms with Crippen LogP contribution < -0.4 is 20.1 Å². The fourth-order valence-corrected chi connectivity index (χ4v) is 4.54. The average Bonchev–Trinajstić information content (AvgIpc) is 3.33. The van der Waals surface area contributed by atoms with Crippen molar-refractivity contribution < 1.29 is 14.3 Å². The van der Waals surface area contributed by atoms with Gasteiger partial charge in [-0.15, -0.1) is 5.10 Å². The number of carbonyl (C=O) groups excluding carboxylic acids is 1.